The third kappa shape index (κ3) is 3.16. The van der Waals surface area contributed by atoms with Crippen LogP contribution in [0.25, 0.3) is 0 Å². The topological polar surface area (TPSA) is 57.6 Å². The summed E-state index contributed by atoms with van der Waals surface area (Å²) in [5.41, 5.74) is 0. The van der Waals surface area contributed by atoms with Gasteiger partial charge in [0.1, 0.15) is 0 Å². The van der Waals surface area contributed by atoms with Crippen molar-refractivity contribution in [1.82, 2.24) is 4.90 Å². The molecular weight excluding hydrogens is 214 g/mol. The van der Waals surface area contributed by atoms with Gasteiger partial charge in [0.2, 0.25) is 0 Å². The van der Waals surface area contributed by atoms with Crippen molar-refractivity contribution in [2.45, 2.75) is 32.1 Å². The van der Waals surface area contributed by atoms with Crippen LogP contribution in [-0.4, -0.2) is 55.2 Å². The number of sulfone groups is 1. The van der Waals surface area contributed by atoms with Crippen LogP contribution in [0.3, 0.4) is 0 Å². The minimum absolute atomic E-state index is 0.207. The summed E-state index contributed by atoms with van der Waals surface area (Å²) in [5.74, 6) is 0.449. The van der Waals surface area contributed by atoms with Crippen molar-refractivity contribution in [3.8, 4) is 0 Å². The molecule has 15 heavy (non-hydrogen) atoms. The van der Waals surface area contributed by atoms with E-state index in [1.807, 2.05) is 18.7 Å². The van der Waals surface area contributed by atoms with Crippen molar-refractivity contribution in [2.75, 3.05) is 25.4 Å². The van der Waals surface area contributed by atoms with Crippen LogP contribution in [0.4, 0.5) is 0 Å². The molecule has 1 saturated heterocycles. The zero-order valence-electron chi connectivity index (χ0n) is 9.68. The van der Waals surface area contributed by atoms with E-state index in [2.05, 4.69) is 0 Å². The lowest BCUT2D eigenvalue weighted by molar-refractivity contribution is 0.0526. The molecule has 0 amide bonds. The largest absolute Gasteiger partial charge is 0.392 e. The van der Waals surface area contributed by atoms with E-state index in [1.54, 1.807) is 6.92 Å². The number of hydrogen-bond donors (Lipinski definition) is 1. The molecule has 0 spiro atoms. The Morgan fingerprint density at radius 2 is 1.93 bits per heavy atom. The molecule has 1 aliphatic rings. The molecule has 0 aromatic rings. The van der Waals surface area contributed by atoms with E-state index in [4.69, 9.17) is 0 Å². The van der Waals surface area contributed by atoms with Gasteiger partial charge in [-0.1, -0.05) is 20.8 Å². The van der Waals surface area contributed by atoms with Gasteiger partial charge in [0.15, 0.2) is 9.84 Å². The van der Waals surface area contributed by atoms with Gasteiger partial charge in [-0.3, -0.25) is 4.90 Å². The molecule has 0 aliphatic carbocycles. The van der Waals surface area contributed by atoms with Crippen LogP contribution in [-0.2, 0) is 9.84 Å². The molecule has 0 aromatic heterocycles. The Labute approximate surface area is 92.2 Å². The quantitative estimate of drug-likeness (QED) is 0.735. The number of likely N-dealkylation sites (tertiary alicyclic amines) is 1. The van der Waals surface area contributed by atoms with Gasteiger partial charge in [-0.05, 0) is 5.92 Å². The molecule has 4 nitrogen and oxygen atoms in total. The van der Waals surface area contributed by atoms with Gasteiger partial charge in [-0.2, -0.15) is 0 Å². The molecule has 0 bridgehead atoms. The van der Waals surface area contributed by atoms with Crippen LogP contribution >= 0.6 is 0 Å². The zero-order valence-corrected chi connectivity index (χ0v) is 10.5. The van der Waals surface area contributed by atoms with Gasteiger partial charge >= 0.3 is 0 Å². The fourth-order valence-electron chi connectivity index (χ4n) is 1.61. The highest BCUT2D eigenvalue weighted by atomic mass is 32.2. The summed E-state index contributed by atoms with van der Waals surface area (Å²) >= 11 is 0. The molecule has 90 valence electrons. The second kappa shape index (κ2) is 4.80. The van der Waals surface area contributed by atoms with E-state index in [-0.39, 0.29) is 23.0 Å². The maximum Gasteiger partial charge on any atom is 0.155 e. The van der Waals surface area contributed by atoms with E-state index in [9.17, 15) is 13.5 Å². The molecule has 0 aromatic carbocycles. The fourth-order valence-corrected chi connectivity index (χ4v) is 2.96. The van der Waals surface area contributed by atoms with Gasteiger partial charge < -0.3 is 5.11 Å². The number of β-amino-alcohol motifs (C(OH)–C–C–N with tert-alkyl or cyclic N) is 1. The molecule has 0 saturated carbocycles. The van der Waals surface area contributed by atoms with Gasteiger partial charge in [0.25, 0.3) is 0 Å². The van der Waals surface area contributed by atoms with Gasteiger partial charge in [-0.15, -0.1) is 0 Å². The lowest BCUT2D eigenvalue weighted by Gasteiger charge is -2.40. The molecule has 1 heterocycles. The Morgan fingerprint density at radius 3 is 2.33 bits per heavy atom. The van der Waals surface area contributed by atoms with E-state index < -0.39 is 9.84 Å². The van der Waals surface area contributed by atoms with E-state index >= 15 is 0 Å². The highest BCUT2D eigenvalue weighted by Gasteiger charge is 2.36. The molecule has 1 rings (SSSR count). The smallest absolute Gasteiger partial charge is 0.155 e. The SMILES string of the molecule is CCS(=O)(=O)C1CN(CC(O)C(C)C)C1. The van der Waals surface area contributed by atoms with E-state index in [0.29, 0.717) is 19.6 Å². The lowest BCUT2D eigenvalue weighted by atomic mass is 10.1. The van der Waals surface area contributed by atoms with E-state index in [0.717, 1.165) is 0 Å². The van der Waals surface area contributed by atoms with Gasteiger partial charge in [0, 0.05) is 25.4 Å². The monoisotopic (exact) mass is 235 g/mol. The Kier molecular flexibility index (Phi) is 4.14. The molecule has 1 atom stereocenters. The Bertz CT molecular complexity index is 294. The molecule has 1 aliphatic heterocycles. The number of aliphatic hydroxyl groups excluding tert-OH is 1. The first kappa shape index (κ1) is 12.9. The molecule has 1 N–H and O–H groups in total. The Morgan fingerprint density at radius 1 is 1.40 bits per heavy atom. The summed E-state index contributed by atoms with van der Waals surface area (Å²) < 4.78 is 22.9. The van der Waals surface area contributed by atoms with E-state index in [1.165, 1.54) is 0 Å². The van der Waals surface area contributed by atoms with Gasteiger partial charge in [0.05, 0.1) is 11.4 Å². The van der Waals surface area contributed by atoms with Crippen LogP contribution in [0, 0.1) is 5.92 Å². The first-order valence-electron chi connectivity index (χ1n) is 5.48. The standard InChI is InChI=1S/C10H21NO3S/c1-4-15(13,14)9-5-11(6-9)7-10(12)8(2)3/h8-10,12H,4-7H2,1-3H3. The average Bonchev–Trinajstić information content (AvgIpc) is 2.09. The molecule has 0 radical (unpaired) electrons. The summed E-state index contributed by atoms with van der Waals surface area (Å²) in [6.07, 6.45) is -0.352. The highest BCUT2D eigenvalue weighted by molar-refractivity contribution is 7.92. The van der Waals surface area contributed by atoms with Crippen molar-refractivity contribution in [3.63, 3.8) is 0 Å². The van der Waals surface area contributed by atoms with Crippen molar-refractivity contribution in [2.24, 2.45) is 5.92 Å². The summed E-state index contributed by atoms with van der Waals surface area (Å²) in [5, 5.41) is 9.41. The van der Waals surface area contributed by atoms with Crippen LogP contribution in [0.1, 0.15) is 20.8 Å². The number of rotatable bonds is 5. The van der Waals surface area contributed by atoms with Crippen molar-refractivity contribution < 1.29 is 13.5 Å². The fraction of sp³-hybridized carbons (Fsp3) is 1.00. The predicted octanol–water partition coefficient (Wildman–Crippen LogP) is 0.122. The van der Waals surface area contributed by atoms with Gasteiger partial charge in [-0.25, -0.2) is 8.42 Å². The maximum absolute atomic E-state index is 11.5. The average molecular weight is 235 g/mol. The van der Waals surface area contributed by atoms with Crippen LogP contribution < -0.4 is 0 Å². The Hall–Kier alpha value is -0.130. The molecular formula is C10H21NO3S. The maximum atomic E-state index is 11.5. The third-order valence-electron chi connectivity index (χ3n) is 3.05. The second-order valence-electron chi connectivity index (χ2n) is 4.60. The lowest BCUT2D eigenvalue weighted by Crippen LogP contribution is -2.57. The number of aliphatic hydroxyl groups is 1. The Balaban J connectivity index is 2.33. The normalized spacial score (nSPS) is 21.7. The highest BCUT2D eigenvalue weighted by Crippen LogP contribution is 2.18. The first-order valence-corrected chi connectivity index (χ1v) is 7.20. The zero-order chi connectivity index (χ0) is 11.6. The first-order chi connectivity index (χ1) is 6.86. The minimum atomic E-state index is -2.87. The molecule has 1 unspecified atom stereocenters. The van der Waals surface area contributed by atoms with Crippen molar-refractivity contribution in [1.29, 1.82) is 0 Å². The van der Waals surface area contributed by atoms with Crippen LogP contribution in [0.15, 0.2) is 0 Å². The van der Waals surface area contributed by atoms with Crippen molar-refractivity contribution in [3.05, 3.63) is 0 Å². The summed E-state index contributed by atoms with van der Waals surface area (Å²) in [7, 11) is -2.87. The molecule has 1 fully saturated rings. The number of nitrogens with zero attached hydrogens (tertiary/aromatic N) is 1. The summed E-state index contributed by atoms with van der Waals surface area (Å²) in [6.45, 7) is 7.36. The van der Waals surface area contributed by atoms with Crippen molar-refractivity contribution >= 4 is 9.84 Å². The molecule has 5 heteroatoms. The summed E-state index contributed by atoms with van der Waals surface area (Å²) in [6, 6.07) is 0. The third-order valence-corrected chi connectivity index (χ3v) is 5.17. The van der Waals surface area contributed by atoms with Crippen LogP contribution in [0.5, 0.6) is 0 Å². The summed E-state index contributed by atoms with van der Waals surface area (Å²) in [4.78, 5) is 2.00. The van der Waals surface area contributed by atoms with Crippen LogP contribution in [0.2, 0.25) is 0 Å². The predicted molar refractivity (Wildman–Crippen MR) is 60.5 cm³/mol. The minimum Gasteiger partial charge on any atom is -0.392 e. The second-order valence-corrected chi connectivity index (χ2v) is 7.17. The number of hydrogen-bond acceptors (Lipinski definition) is 4.